The van der Waals surface area contributed by atoms with Gasteiger partial charge >= 0.3 is 0 Å². The molecule has 0 unspecified atom stereocenters. The van der Waals surface area contributed by atoms with Crippen molar-refractivity contribution >= 4 is 23.2 Å². The second-order valence-electron chi connectivity index (χ2n) is 8.48. The van der Waals surface area contributed by atoms with E-state index < -0.39 is 11.5 Å². The van der Waals surface area contributed by atoms with Crippen LogP contribution in [0.5, 0.6) is 0 Å². The Morgan fingerprint density at radius 1 is 1.25 bits per heavy atom. The predicted molar refractivity (Wildman–Crippen MR) is 111 cm³/mol. The molecule has 0 aromatic carbocycles. The molecule has 2 aromatic rings. The molecule has 152 valence electrons. The number of hydrogen-bond acceptors (Lipinski definition) is 5. The van der Waals surface area contributed by atoms with E-state index in [9.17, 15) is 9.59 Å². The first kappa shape index (κ1) is 20.5. The van der Waals surface area contributed by atoms with E-state index in [1.165, 1.54) is 0 Å². The molecule has 0 aliphatic carbocycles. The highest BCUT2D eigenvalue weighted by molar-refractivity contribution is 7.08. The van der Waals surface area contributed by atoms with Crippen LogP contribution < -0.4 is 10.6 Å². The lowest BCUT2D eigenvalue weighted by Crippen LogP contribution is -2.53. The van der Waals surface area contributed by atoms with Gasteiger partial charge in [-0.3, -0.25) is 14.5 Å². The molecular formula is C20H29N5O2S. The number of likely N-dealkylation sites (N-methyl/N-ethyl adjacent to an activating group) is 2. The summed E-state index contributed by atoms with van der Waals surface area (Å²) in [5, 5.41) is 9.73. The van der Waals surface area contributed by atoms with Gasteiger partial charge in [-0.15, -0.1) is 0 Å². The van der Waals surface area contributed by atoms with E-state index in [2.05, 4.69) is 37.8 Å². The quantitative estimate of drug-likeness (QED) is 0.821. The Balaban J connectivity index is 2.01. The molecule has 28 heavy (non-hydrogen) atoms. The maximum atomic E-state index is 13.2. The van der Waals surface area contributed by atoms with Gasteiger partial charge < -0.3 is 15.2 Å². The minimum absolute atomic E-state index is 0.208. The van der Waals surface area contributed by atoms with Crippen molar-refractivity contribution in [1.82, 2.24) is 25.1 Å². The molecule has 2 N–H and O–H groups in total. The number of aryl methyl sites for hydroxylation is 1. The lowest BCUT2D eigenvalue weighted by atomic mass is 9.86. The van der Waals surface area contributed by atoms with Gasteiger partial charge in [0.2, 0.25) is 5.91 Å². The summed E-state index contributed by atoms with van der Waals surface area (Å²) in [6.07, 6.45) is 0. The molecule has 3 rings (SSSR count). The minimum atomic E-state index is -0.644. The molecule has 1 aliphatic rings. The number of carbonyl (C=O) groups excluding carboxylic acids is 2. The molecule has 0 saturated carbocycles. The molecule has 1 atom stereocenters. The number of imidazole rings is 1. The fourth-order valence-corrected chi connectivity index (χ4v) is 4.32. The van der Waals surface area contributed by atoms with Crippen molar-refractivity contribution in [1.29, 1.82) is 0 Å². The zero-order valence-corrected chi connectivity index (χ0v) is 18.2. The van der Waals surface area contributed by atoms with E-state index in [1.807, 2.05) is 27.8 Å². The first-order valence-electron chi connectivity index (χ1n) is 9.47. The van der Waals surface area contributed by atoms with E-state index in [4.69, 9.17) is 4.98 Å². The molecule has 0 radical (unpaired) electrons. The topological polar surface area (TPSA) is 79.3 Å². The number of nitrogens with one attached hydrogen (secondary N) is 2. The second kappa shape index (κ2) is 7.67. The summed E-state index contributed by atoms with van der Waals surface area (Å²) in [6.45, 7) is 10.2. The monoisotopic (exact) mass is 403 g/mol. The molecule has 8 heteroatoms. The third kappa shape index (κ3) is 3.84. The Morgan fingerprint density at radius 2 is 1.96 bits per heavy atom. The van der Waals surface area contributed by atoms with Gasteiger partial charge in [-0.2, -0.15) is 11.3 Å². The molecule has 2 aromatic heterocycles. The summed E-state index contributed by atoms with van der Waals surface area (Å²) in [6, 6.07) is -0.644. The van der Waals surface area contributed by atoms with Crippen molar-refractivity contribution < 1.29 is 9.59 Å². The highest BCUT2D eigenvalue weighted by Crippen LogP contribution is 2.30. The Hall–Kier alpha value is -2.19. The van der Waals surface area contributed by atoms with Crippen molar-refractivity contribution in [2.45, 2.75) is 46.8 Å². The molecule has 0 saturated heterocycles. The van der Waals surface area contributed by atoms with E-state index >= 15 is 0 Å². The number of fused-ring (bicyclic) bond motifs is 1. The number of nitrogens with zero attached hydrogens (tertiary/aromatic N) is 3. The van der Waals surface area contributed by atoms with Crippen LogP contribution in [0.3, 0.4) is 0 Å². The summed E-state index contributed by atoms with van der Waals surface area (Å²) >= 11 is 1.63. The van der Waals surface area contributed by atoms with Crippen molar-refractivity contribution in [2.24, 2.45) is 5.41 Å². The van der Waals surface area contributed by atoms with Gasteiger partial charge in [0.15, 0.2) is 5.69 Å². The number of aromatic nitrogens is 2. The third-order valence-corrected chi connectivity index (χ3v) is 6.02. The fraction of sp³-hybridized carbons (Fsp3) is 0.550. The fourth-order valence-electron chi connectivity index (χ4n) is 3.49. The number of rotatable bonds is 4. The lowest BCUT2D eigenvalue weighted by Gasteiger charge is -2.30. The zero-order valence-electron chi connectivity index (χ0n) is 17.4. The highest BCUT2D eigenvalue weighted by Gasteiger charge is 2.35. The standard InChI is InChI=1S/C20H29N5O2S/c1-12-10-28-11-13(12)17-22-15(14-9-24(6)7-8-25(14)17)18(26)23-16(19(27)21-5)20(2,3)4/h10-11,16H,7-9H2,1-6H3,(H,21,27)(H,23,26)/t16-/m1/s1. The van der Waals surface area contributed by atoms with Crippen LogP contribution in [0, 0.1) is 12.3 Å². The van der Waals surface area contributed by atoms with Gasteiger partial charge in [0.1, 0.15) is 11.9 Å². The lowest BCUT2D eigenvalue weighted by molar-refractivity contribution is -0.124. The van der Waals surface area contributed by atoms with Gasteiger partial charge in [-0.05, 0) is 30.3 Å². The number of thiophene rings is 1. The molecule has 0 fully saturated rings. The van der Waals surface area contributed by atoms with Crippen LogP contribution in [0.1, 0.15) is 42.5 Å². The Bertz CT molecular complexity index is 893. The SMILES string of the molecule is CNC(=O)[C@@H](NC(=O)c1nc(-c2cscc2C)n2c1CN(C)CC2)C(C)(C)C. The van der Waals surface area contributed by atoms with Crippen molar-refractivity contribution in [3.63, 3.8) is 0 Å². The zero-order chi connectivity index (χ0) is 20.6. The normalized spacial score (nSPS) is 15.8. The highest BCUT2D eigenvalue weighted by atomic mass is 32.1. The predicted octanol–water partition coefficient (Wildman–Crippen LogP) is 2.26. The molecule has 2 amide bonds. The summed E-state index contributed by atoms with van der Waals surface area (Å²) in [5.41, 5.74) is 3.11. The first-order chi connectivity index (χ1) is 13.1. The third-order valence-electron chi connectivity index (χ3n) is 5.16. The van der Waals surface area contributed by atoms with Crippen LogP contribution in [0.25, 0.3) is 11.4 Å². The van der Waals surface area contributed by atoms with Crippen LogP contribution in [-0.4, -0.2) is 52.9 Å². The van der Waals surface area contributed by atoms with Gasteiger partial charge in [-0.1, -0.05) is 20.8 Å². The number of carbonyl (C=O) groups is 2. The summed E-state index contributed by atoms with van der Waals surface area (Å²) < 4.78 is 2.15. The average Bonchev–Trinajstić information content (AvgIpc) is 3.20. The number of hydrogen-bond donors (Lipinski definition) is 2. The summed E-state index contributed by atoms with van der Waals surface area (Å²) in [5.74, 6) is 0.320. The van der Waals surface area contributed by atoms with E-state index in [1.54, 1.807) is 18.4 Å². The van der Waals surface area contributed by atoms with Crippen molar-refractivity contribution in [3.05, 3.63) is 27.7 Å². The van der Waals surface area contributed by atoms with Gasteiger partial charge in [0.05, 0.1) is 5.69 Å². The van der Waals surface area contributed by atoms with E-state index in [0.29, 0.717) is 12.2 Å². The summed E-state index contributed by atoms with van der Waals surface area (Å²) in [7, 11) is 3.62. The van der Waals surface area contributed by atoms with Gasteiger partial charge in [0.25, 0.3) is 5.91 Å². The molecule has 0 spiro atoms. The molecule has 7 nitrogen and oxygen atoms in total. The number of amides is 2. The molecule has 3 heterocycles. The van der Waals surface area contributed by atoms with Crippen LogP contribution in [0.15, 0.2) is 10.8 Å². The first-order valence-corrected chi connectivity index (χ1v) is 10.4. The van der Waals surface area contributed by atoms with Crippen molar-refractivity contribution in [2.75, 3.05) is 20.6 Å². The van der Waals surface area contributed by atoms with Crippen LogP contribution >= 0.6 is 11.3 Å². The maximum absolute atomic E-state index is 13.2. The summed E-state index contributed by atoms with van der Waals surface area (Å²) in [4.78, 5) is 32.5. The molecule has 1 aliphatic heterocycles. The Labute approximate surface area is 170 Å². The minimum Gasteiger partial charge on any atom is -0.357 e. The second-order valence-corrected chi connectivity index (χ2v) is 9.22. The van der Waals surface area contributed by atoms with Gasteiger partial charge in [-0.25, -0.2) is 4.98 Å². The Kier molecular flexibility index (Phi) is 5.63. The maximum Gasteiger partial charge on any atom is 0.272 e. The Morgan fingerprint density at radius 3 is 2.54 bits per heavy atom. The average molecular weight is 404 g/mol. The van der Waals surface area contributed by atoms with Crippen LogP contribution in [-0.2, 0) is 17.9 Å². The smallest absolute Gasteiger partial charge is 0.272 e. The van der Waals surface area contributed by atoms with Crippen molar-refractivity contribution in [3.8, 4) is 11.4 Å². The van der Waals surface area contributed by atoms with Gasteiger partial charge in [0, 0.05) is 37.6 Å². The van der Waals surface area contributed by atoms with E-state index in [-0.39, 0.29) is 11.8 Å². The molecular weight excluding hydrogens is 374 g/mol. The van der Waals surface area contributed by atoms with E-state index in [0.717, 1.165) is 35.7 Å². The molecule has 0 bridgehead atoms. The largest absolute Gasteiger partial charge is 0.357 e. The van der Waals surface area contributed by atoms with Crippen LogP contribution in [0.4, 0.5) is 0 Å². The van der Waals surface area contributed by atoms with Crippen LogP contribution in [0.2, 0.25) is 0 Å².